The van der Waals surface area contributed by atoms with Crippen LogP contribution in [0.3, 0.4) is 0 Å². The van der Waals surface area contributed by atoms with E-state index in [1.807, 2.05) is 0 Å². The van der Waals surface area contributed by atoms with Gasteiger partial charge >= 0.3 is 11.8 Å². The predicted molar refractivity (Wildman–Crippen MR) is 103 cm³/mol. The lowest BCUT2D eigenvalue weighted by molar-refractivity contribution is -0.293. The Balaban J connectivity index is 0.00000729. The van der Waals surface area contributed by atoms with Crippen LogP contribution in [0, 0.1) is 11.8 Å². The number of aliphatic hydroxyl groups is 3. The number of ether oxygens (including phenoxy) is 2. The highest BCUT2D eigenvalue weighted by Gasteiger charge is 2.60. The molecule has 0 amide bonds. The lowest BCUT2D eigenvalue weighted by Crippen LogP contribution is -2.62. The summed E-state index contributed by atoms with van der Waals surface area (Å²) in [5.41, 5.74) is 0. The Bertz CT molecular complexity index is 454. The molecule has 28 heavy (non-hydrogen) atoms. The second-order valence-electron chi connectivity index (χ2n) is 7.49. The van der Waals surface area contributed by atoms with Crippen molar-refractivity contribution < 1.29 is 38.4 Å². The molecule has 1 heterocycles. The van der Waals surface area contributed by atoms with Crippen LogP contribution in [0.15, 0.2) is 0 Å². The number of aliphatic hydroxyl groups excluding tert-OH is 3. The zero-order chi connectivity index (χ0) is 20.6. The van der Waals surface area contributed by atoms with Crippen molar-refractivity contribution in [2.45, 2.75) is 89.6 Å². The van der Waals surface area contributed by atoms with Gasteiger partial charge in [-0.3, -0.25) is 0 Å². The summed E-state index contributed by atoms with van der Waals surface area (Å²) in [6.07, 6.45) is -1.21. The molecular formula is C19H35ClF2O6. The van der Waals surface area contributed by atoms with E-state index in [0.717, 1.165) is 32.1 Å². The highest BCUT2D eigenvalue weighted by molar-refractivity contribution is 5.85. The number of rotatable bonds is 11. The van der Waals surface area contributed by atoms with Gasteiger partial charge in [0.25, 0.3) is 0 Å². The maximum Gasteiger partial charge on any atom is 0.375 e. The lowest BCUT2D eigenvalue weighted by Gasteiger charge is -2.45. The van der Waals surface area contributed by atoms with Gasteiger partial charge in [0.05, 0.1) is 19.3 Å². The Morgan fingerprint density at radius 1 is 1.14 bits per heavy atom. The second-order valence-corrected chi connectivity index (χ2v) is 7.49. The van der Waals surface area contributed by atoms with Crippen molar-refractivity contribution in [3.05, 3.63) is 0 Å². The Hall–Kier alpha value is -0.540. The quantitative estimate of drug-likeness (QED) is 0.343. The molecule has 0 saturated carbocycles. The molecule has 0 aromatic heterocycles. The van der Waals surface area contributed by atoms with E-state index in [-0.39, 0.29) is 19.0 Å². The SMILES string of the molecule is CCCCCCCCOC(=O)C1(F)OC([C@H](O)[C@H](O)CO)C(C)C(C)C1F.Cl. The third kappa shape index (κ3) is 6.76. The molecule has 7 atom stereocenters. The van der Waals surface area contributed by atoms with Gasteiger partial charge < -0.3 is 24.8 Å². The maximum atomic E-state index is 15.1. The van der Waals surface area contributed by atoms with E-state index in [0.29, 0.717) is 6.42 Å². The first-order valence-corrected chi connectivity index (χ1v) is 9.85. The molecule has 168 valence electrons. The van der Waals surface area contributed by atoms with Crippen LogP contribution in [-0.4, -0.2) is 64.8 Å². The van der Waals surface area contributed by atoms with Gasteiger partial charge in [-0.25, -0.2) is 9.18 Å². The van der Waals surface area contributed by atoms with E-state index in [1.165, 1.54) is 13.8 Å². The summed E-state index contributed by atoms with van der Waals surface area (Å²) in [4.78, 5) is 12.2. The van der Waals surface area contributed by atoms with Crippen LogP contribution in [0.4, 0.5) is 8.78 Å². The molecule has 0 aromatic rings. The van der Waals surface area contributed by atoms with E-state index >= 15 is 4.39 Å². The van der Waals surface area contributed by atoms with Crippen molar-refractivity contribution in [1.82, 2.24) is 0 Å². The van der Waals surface area contributed by atoms with Crippen LogP contribution < -0.4 is 0 Å². The van der Waals surface area contributed by atoms with Crippen molar-refractivity contribution in [3.8, 4) is 0 Å². The zero-order valence-electron chi connectivity index (χ0n) is 16.9. The number of carbonyl (C=O) groups is 1. The Morgan fingerprint density at radius 3 is 2.29 bits per heavy atom. The molecule has 1 rings (SSSR count). The van der Waals surface area contributed by atoms with Crippen molar-refractivity contribution in [2.75, 3.05) is 13.2 Å². The molecule has 9 heteroatoms. The molecular weight excluding hydrogens is 398 g/mol. The number of hydrogen-bond acceptors (Lipinski definition) is 6. The minimum absolute atomic E-state index is 0. The Kier molecular flexibility index (Phi) is 12.7. The first-order chi connectivity index (χ1) is 12.7. The van der Waals surface area contributed by atoms with E-state index in [1.54, 1.807) is 0 Å². The van der Waals surface area contributed by atoms with E-state index in [9.17, 15) is 19.4 Å². The number of halogens is 3. The summed E-state index contributed by atoms with van der Waals surface area (Å²) in [6, 6.07) is 0. The standard InChI is InChI=1S/C19H34F2O6.ClH/c1-4-5-6-7-8-9-10-26-18(25)19(21)17(20)13(3)12(2)16(27-19)15(24)14(23)11-22;/h12-17,22-24H,4-11H2,1-3H3;1H/t12?,13?,14-,15-,16?,17?,19?;/m1./s1. The summed E-state index contributed by atoms with van der Waals surface area (Å²) in [7, 11) is 0. The molecule has 3 N–H and O–H groups in total. The molecule has 1 aliphatic rings. The highest BCUT2D eigenvalue weighted by atomic mass is 35.5. The van der Waals surface area contributed by atoms with Crippen molar-refractivity contribution in [1.29, 1.82) is 0 Å². The van der Waals surface area contributed by atoms with Gasteiger partial charge in [-0.15, -0.1) is 12.4 Å². The summed E-state index contributed by atoms with van der Waals surface area (Å²) < 4.78 is 39.6. The third-order valence-electron chi connectivity index (χ3n) is 5.40. The molecule has 0 aliphatic carbocycles. The predicted octanol–water partition coefficient (Wildman–Crippen LogP) is 2.70. The Labute approximate surface area is 172 Å². The summed E-state index contributed by atoms with van der Waals surface area (Å²) in [6.45, 7) is 4.21. The van der Waals surface area contributed by atoms with Gasteiger partial charge in [0.2, 0.25) is 0 Å². The number of esters is 1. The number of carbonyl (C=O) groups excluding carboxylic acids is 1. The molecule has 0 radical (unpaired) electrons. The van der Waals surface area contributed by atoms with Crippen molar-refractivity contribution in [2.24, 2.45) is 11.8 Å². The largest absolute Gasteiger partial charge is 0.461 e. The zero-order valence-corrected chi connectivity index (χ0v) is 17.7. The second kappa shape index (κ2) is 12.9. The van der Waals surface area contributed by atoms with Crippen LogP contribution >= 0.6 is 12.4 Å². The number of alkyl halides is 2. The van der Waals surface area contributed by atoms with Gasteiger partial charge in [0.15, 0.2) is 6.17 Å². The average molecular weight is 433 g/mol. The van der Waals surface area contributed by atoms with E-state index < -0.39 is 54.8 Å². The molecule has 1 fully saturated rings. The fourth-order valence-corrected chi connectivity index (χ4v) is 3.29. The summed E-state index contributed by atoms with van der Waals surface area (Å²) in [5.74, 6) is -6.46. The third-order valence-corrected chi connectivity index (χ3v) is 5.40. The fourth-order valence-electron chi connectivity index (χ4n) is 3.29. The molecule has 0 spiro atoms. The fraction of sp³-hybridized carbons (Fsp3) is 0.947. The van der Waals surface area contributed by atoms with Crippen LogP contribution in [0.5, 0.6) is 0 Å². The van der Waals surface area contributed by atoms with Gasteiger partial charge in [0, 0.05) is 0 Å². The topological polar surface area (TPSA) is 96.2 Å². The average Bonchev–Trinajstić information content (AvgIpc) is 2.67. The van der Waals surface area contributed by atoms with Gasteiger partial charge in [-0.1, -0.05) is 52.9 Å². The molecule has 0 bridgehead atoms. The molecule has 5 unspecified atom stereocenters. The van der Waals surface area contributed by atoms with Crippen LogP contribution in [0.25, 0.3) is 0 Å². The van der Waals surface area contributed by atoms with Gasteiger partial charge in [0.1, 0.15) is 12.2 Å². The summed E-state index contributed by atoms with van der Waals surface area (Å²) >= 11 is 0. The van der Waals surface area contributed by atoms with E-state index in [4.69, 9.17) is 14.6 Å². The molecule has 1 saturated heterocycles. The smallest absolute Gasteiger partial charge is 0.375 e. The molecule has 6 nitrogen and oxygen atoms in total. The van der Waals surface area contributed by atoms with E-state index in [2.05, 4.69) is 6.92 Å². The minimum atomic E-state index is -3.35. The van der Waals surface area contributed by atoms with Gasteiger partial charge in [-0.2, -0.15) is 4.39 Å². The molecule has 0 aromatic carbocycles. The minimum Gasteiger partial charge on any atom is -0.461 e. The monoisotopic (exact) mass is 432 g/mol. The van der Waals surface area contributed by atoms with Crippen LogP contribution in [0.1, 0.15) is 59.3 Å². The normalized spacial score (nSPS) is 32.3. The summed E-state index contributed by atoms with van der Waals surface area (Å²) in [5, 5.41) is 28.7. The number of hydrogen-bond donors (Lipinski definition) is 3. The maximum absolute atomic E-state index is 15.1. The first kappa shape index (κ1) is 27.5. The highest BCUT2D eigenvalue weighted by Crippen LogP contribution is 2.42. The molecule has 1 aliphatic heterocycles. The first-order valence-electron chi connectivity index (χ1n) is 9.85. The number of unbranched alkanes of at least 4 members (excludes halogenated alkanes) is 5. The van der Waals surface area contributed by atoms with Gasteiger partial charge in [-0.05, 0) is 18.3 Å². The van der Waals surface area contributed by atoms with Crippen LogP contribution in [0.2, 0.25) is 0 Å². The van der Waals surface area contributed by atoms with Crippen LogP contribution in [-0.2, 0) is 14.3 Å². The van der Waals surface area contributed by atoms with Crippen molar-refractivity contribution in [3.63, 3.8) is 0 Å². The Morgan fingerprint density at radius 2 is 1.71 bits per heavy atom. The van der Waals surface area contributed by atoms with Crippen molar-refractivity contribution >= 4 is 18.4 Å². The lowest BCUT2D eigenvalue weighted by atomic mass is 9.78.